The first-order valence-electron chi connectivity index (χ1n) is 7.22. The van der Waals surface area contributed by atoms with Crippen molar-refractivity contribution in [2.45, 2.75) is 64.0 Å². The number of hydrogen-bond acceptors (Lipinski definition) is 2. The Morgan fingerprint density at radius 3 is 2.06 bits per heavy atom. The summed E-state index contributed by atoms with van der Waals surface area (Å²) in [5.74, 6) is 1.22. The van der Waals surface area contributed by atoms with Crippen molar-refractivity contribution in [3.8, 4) is 0 Å². The Balaban J connectivity index is 1.90. The summed E-state index contributed by atoms with van der Waals surface area (Å²) in [5.41, 5.74) is 0. The quantitative estimate of drug-likeness (QED) is 0.796. The molecule has 0 aliphatic heterocycles. The van der Waals surface area contributed by atoms with E-state index in [0.717, 1.165) is 5.92 Å². The van der Waals surface area contributed by atoms with Crippen molar-refractivity contribution in [1.29, 1.82) is 0 Å². The molecule has 2 aliphatic rings. The van der Waals surface area contributed by atoms with Gasteiger partial charge in [-0.25, -0.2) is 0 Å². The normalized spacial score (nSPS) is 29.1. The van der Waals surface area contributed by atoms with E-state index < -0.39 is 0 Å². The van der Waals surface area contributed by atoms with Gasteiger partial charge in [0.15, 0.2) is 0 Å². The van der Waals surface area contributed by atoms with Gasteiger partial charge in [-0.05, 0) is 51.5 Å². The molecule has 0 aromatic heterocycles. The maximum absolute atomic E-state index is 12.1. The number of rotatable bonds is 5. The Morgan fingerprint density at radius 2 is 1.65 bits per heavy atom. The van der Waals surface area contributed by atoms with Gasteiger partial charge >= 0.3 is 0 Å². The van der Waals surface area contributed by atoms with Crippen molar-refractivity contribution >= 4 is 5.91 Å². The number of carbonyl (C=O) groups excluding carboxylic acids is 1. The molecule has 0 bridgehead atoms. The SMILES string of the molecule is CCC1CCC(N(C(=O)CNC)C2CC2)CC1. The molecule has 3 heteroatoms. The van der Waals surface area contributed by atoms with Gasteiger partial charge in [-0.3, -0.25) is 4.79 Å². The van der Waals surface area contributed by atoms with Crippen LogP contribution in [0.4, 0.5) is 0 Å². The Bertz CT molecular complexity index is 255. The van der Waals surface area contributed by atoms with E-state index in [1.165, 1.54) is 44.9 Å². The summed E-state index contributed by atoms with van der Waals surface area (Å²) in [4.78, 5) is 14.3. The van der Waals surface area contributed by atoms with Crippen LogP contribution in [0.2, 0.25) is 0 Å². The topological polar surface area (TPSA) is 32.3 Å². The molecular formula is C14H26N2O. The van der Waals surface area contributed by atoms with Gasteiger partial charge in [0.2, 0.25) is 5.91 Å². The van der Waals surface area contributed by atoms with Crippen LogP contribution < -0.4 is 5.32 Å². The molecule has 0 spiro atoms. The monoisotopic (exact) mass is 238 g/mol. The van der Waals surface area contributed by atoms with Crippen LogP contribution in [-0.4, -0.2) is 36.5 Å². The summed E-state index contributed by atoms with van der Waals surface area (Å²) in [5, 5.41) is 3.00. The highest BCUT2D eigenvalue weighted by Gasteiger charge is 2.38. The second-order valence-corrected chi connectivity index (χ2v) is 5.65. The Morgan fingerprint density at radius 1 is 1.12 bits per heavy atom. The predicted octanol–water partition coefficient (Wildman–Crippen LogP) is 2.17. The first-order chi connectivity index (χ1) is 8.26. The molecule has 0 unspecified atom stereocenters. The second kappa shape index (κ2) is 5.85. The molecule has 2 fully saturated rings. The van der Waals surface area contributed by atoms with E-state index in [2.05, 4.69) is 17.1 Å². The lowest BCUT2D eigenvalue weighted by Crippen LogP contribution is -2.46. The van der Waals surface area contributed by atoms with E-state index in [9.17, 15) is 4.79 Å². The van der Waals surface area contributed by atoms with Crippen molar-refractivity contribution < 1.29 is 4.79 Å². The van der Waals surface area contributed by atoms with Crippen molar-refractivity contribution in [3.05, 3.63) is 0 Å². The van der Waals surface area contributed by atoms with Gasteiger partial charge < -0.3 is 10.2 Å². The highest BCUT2D eigenvalue weighted by Crippen LogP contribution is 2.35. The van der Waals surface area contributed by atoms with E-state index in [0.29, 0.717) is 24.5 Å². The highest BCUT2D eigenvalue weighted by molar-refractivity contribution is 5.79. The molecule has 0 aromatic carbocycles. The summed E-state index contributed by atoms with van der Waals surface area (Å²) < 4.78 is 0. The van der Waals surface area contributed by atoms with E-state index in [4.69, 9.17) is 0 Å². The van der Waals surface area contributed by atoms with Crippen molar-refractivity contribution in [3.63, 3.8) is 0 Å². The maximum Gasteiger partial charge on any atom is 0.237 e. The lowest BCUT2D eigenvalue weighted by molar-refractivity contribution is -0.134. The Hall–Kier alpha value is -0.570. The van der Waals surface area contributed by atoms with Gasteiger partial charge in [0, 0.05) is 12.1 Å². The van der Waals surface area contributed by atoms with Gasteiger partial charge in [0.1, 0.15) is 0 Å². The number of carbonyl (C=O) groups is 1. The Kier molecular flexibility index (Phi) is 4.43. The molecule has 1 N–H and O–H groups in total. The zero-order valence-electron chi connectivity index (χ0n) is 11.2. The zero-order chi connectivity index (χ0) is 12.3. The van der Waals surface area contributed by atoms with Crippen molar-refractivity contribution in [2.75, 3.05) is 13.6 Å². The molecule has 2 saturated carbocycles. The molecule has 98 valence electrons. The van der Waals surface area contributed by atoms with Gasteiger partial charge in [-0.2, -0.15) is 0 Å². The minimum Gasteiger partial charge on any atom is -0.336 e. The standard InChI is InChI=1S/C14H26N2O/c1-3-11-4-6-12(7-5-11)16(13-8-9-13)14(17)10-15-2/h11-13,15H,3-10H2,1-2H3. The van der Waals surface area contributed by atoms with Crippen molar-refractivity contribution in [2.24, 2.45) is 5.92 Å². The Labute approximate surface area is 105 Å². The molecule has 2 rings (SSSR count). The third kappa shape index (κ3) is 3.21. The third-order valence-electron chi connectivity index (χ3n) is 4.34. The average Bonchev–Trinajstić information content (AvgIpc) is 3.15. The fourth-order valence-corrected chi connectivity index (χ4v) is 3.13. The third-order valence-corrected chi connectivity index (χ3v) is 4.34. The van der Waals surface area contributed by atoms with Crippen LogP contribution in [0.15, 0.2) is 0 Å². The first kappa shape index (κ1) is 12.9. The smallest absolute Gasteiger partial charge is 0.237 e. The number of likely N-dealkylation sites (N-methyl/N-ethyl adjacent to an activating group) is 1. The van der Waals surface area contributed by atoms with E-state index >= 15 is 0 Å². The van der Waals surface area contributed by atoms with Crippen LogP contribution in [-0.2, 0) is 4.79 Å². The van der Waals surface area contributed by atoms with Crippen LogP contribution in [0, 0.1) is 5.92 Å². The molecule has 0 aromatic rings. The number of nitrogens with zero attached hydrogens (tertiary/aromatic N) is 1. The molecule has 2 aliphatic carbocycles. The van der Waals surface area contributed by atoms with Crippen LogP contribution in [0.3, 0.4) is 0 Å². The molecular weight excluding hydrogens is 212 g/mol. The molecule has 0 atom stereocenters. The summed E-state index contributed by atoms with van der Waals surface area (Å²) in [6, 6.07) is 1.10. The number of amides is 1. The molecule has 0 radical (unpaired) electrons. The van der Waals surface area contributed by atoms with Gasteiger partial charge in [-0.15, -0.1) is 0 Å². The number of hydrogen-bond donors (Lipinski definition) is 1. The molecule has 0 heterocycles. The van der Waals surface area contributed by atoms with E-state index in [-0.39, 0.29) is 0 Å². The van der Waals surface area contributed by atoms with Crippen molar-refractivity contribution in [1.82, 2.24) is 10.2 Å². The van der Waals surface area contributed by atoms with Crippen LogP contribution in [0.5, 0.6) is 0 Å². The zero-order valence-corrected chi connectivity index (χ0v) is 11.2. The summed E-state index contributed by atoms with van der Waals surface area (Å²) in [6.45, 7) is 2.79. The maximum atomic E-state index is 12.1. The van der Waals surface area contributed by atoms with E-state index in [1.54, 1.807) is 0 Å². The molecule has 0 saturated heterocycles. The van der Waals surface area contributed by atoms with E-state index in [1.807, 2.05) is 7.05 Å². The first-order valence-corrected chi connectivity index (χ1v) is 7.22. The fourth-order valence-electron chi connectivity index (χ4n) is 3.13. The summed E-state index contributed by atoms with van der Waals surface area (Å²) >= 11 is 0. The highest BCUT2D eigenvalue weighted by atomic mass is 16.2. The molecule has 3 nitrogen and oxygen atoms in total. The average molecular weight is 238 g/mol. The minimum absolute atomic E-state index is 0.315. The lowest BCUT2D eigenvalue weighted by Gasteiger charge is -2.37. The fraction of sp³-hybridized carbons (Fsp3) is 0.929. The summed E-state index contributed by atoms with van der Waals surface area (Å²) in [7, 11) is 1.86. The van der Waals surface area contributed by atoms with Gasteiger partial charge in [-0.1, -0.05) is 13.3 Å². The lowest BCUT2D eigenvalue weighted by atomic mass is 9.84. The minimum atomic E-state index is 0.315. The van der Waals surface area contributed by atoms with Gasteiger partial charge in [0.05, 0.1) is 6.54 Å². The van der Waals surface area contributed by atoms with Crippen LogP contribution in [0.1, 0.15) is 51.9 Å². The largest absolute Gasteiger partial charge is 0.336 e. The summed E-state index contributed by atoms with van der Waals surface area (Å²) in [6.07, 6.45) is 8.84. The van der Waals surface area contributed by atoms with Crippen LogP contribution in [0.25, 0.3) is 0 Å². The molecule has 1 amide bonds. The number of nitrogens with one attached hydrogen (secondary N) is 1. The van der Waals surface area contributed by atoms with Gasteiger partial charge in [0.25, 0.3) is 0 Å². The second-order valence-electron chi connectivity index (χ2n) is 5.65. The molecule has 17 heavy (non-hydrogen) atoms. The van der Waals surface area contributed by atoms with Crippen LogP contribution >= 0.6 is 0 Å². The predicted molar refractivity (Wildman–Crippen MR) is 69.8 cm³/mol.